The molecule has 1 aliphatic heterocycles. The molecule has 7 atom stereocenters. The van der Waals surface area contributed by atoms with E-state index < -0.39 is 26.7 Å². The predicted molar refractivity (Wildman–Crippen MR) is 142 cm³/mol. The molecule has 1 aliphatic carbocycles. The normalized spacial score (nSPS) is 28.6. The molecule has 3 unspecified atom stereocenters. The van der Waals surface area contributed by atoms with E-state index in [0.717, 1.165) is 19.3 Å². The molecule has 1 saturated carbocycles. The van der Waals surface area contributed by atoms with Gasteiger partial charge >= 0.3 is 5.97 Å². The van der Waals surface area contributed by atoms with E-state index in [9.17, 15) is 15.0 Å². The fourth-order valence-electron chi connectivity index (χ4n) is 5.09. The van der Waals surface area contributed by atoms with Crippen molar-refractivity contribution in [1.29, 1.82) is 0 Å². The van der Waals surface area contributed by atoms with Crippen LogP contribution in [0.15, 0.2) is 24.5 Å². The summed E-state index contributed by atoms with van der Waals surface area (Å²) < 4.78 is 18.7. The number of allylic oxidation sites excluding steroid dienone is 2. The average molecular weight is 511 g/mol. The Morgan fingerprint density at radius 2 is 1.89 bits per heavy atom. The van der Waals surface area contributed by atoms with Gasteiger partial charge in [-0.3, -0.25) is 4.79 Å². The van der Waals surface area contributed by atoms with Crippen LogP contribution in [0.1, 0.15) is 86.0 Å². The molecule has 0 saturated heterocycles. The third-order valence-electron chi connectivity index (χ3n) is 8.32. The highest BCUT2D eigenvalue weighted by Gasteiger charge is 2.46. The molecule has 7 heteroatoms. The van der Waals surface area contributed by atoms with E-state index in [1.807, 2.05) is 12.2 Å². The predicted octanol–water partition coefficient (Wildman–Crippen LogP) is 6.66. The highest BCUT2D eigenvalue weighted by atomic mass is 28.4. The number of carboxylic acids is 1. The molecule has 202 valence electrons. The third-order valence-corrected chi connectivity index (χ3v) is 12.8. The maximum atomic E-state index is 11.6. The van der Waals surface area contributed by atoms with Crippen LogP contribution in [0.2, 0.25) is 18.1 Å². The van der Waals surface area contributed by atoms with Gasteiger partial charge in [-0.15, -0.1) is 0 Å². The van der Waals surface area contributed by atoms with E-state index in [-0.39, 0.29) is 35.5 Å². The first-order valence-electron chi connectivity index (χ1n) is 13.6. The SMILES string of the molecule is CCCCCC(C)C(CC[C@H]1C(CC(=O)O)[C@@H](O)C[C@H]1O[C@@H]1C=CC=CO1)O[Si](C)(C)C(C)(C)C. The van der Waals surface area contributed by atoms with E-state index in [4.69, 9.17) is 13.9 Å². The second-order valence-electron chi connectivity index (χ2n) is 12.1. The number of hydrogen-bond acceptors (Lipinski definition) is 5. The summed E-state index contributed by atoms with van der Waals surface area (Å²) in [6.07, 6.45) is 12.5. The lowest BCUT2D eigenvalue weighted by Gasteiger charge is -2.41. The first kappa shape index (κ1) is 30.1. The first-order chi connectivity index (χ1) is 16.4. The molecule has 1 fully saturated rings. The van der Waals surface area contributed by atoms with Crippen LogP contribution in [0.25, 0.3) is 0 Å². The van der Waals surface area contributed by atoms with Gasteiger partial charge in [0, 0.05) is 18.4 Å². The van der Waals surface area contributed by atoms with Gasteiger partial charge in [0.1, 0.15) is 0 Å². The van der Waals surface area contributed by atoms with Gasteiger partial charge in [-0.1, -0.05) is 60.0 Å². The van der Waals surface area contributed by atoms with Crippen molar-refractivity contribution >= 4 is 14.3 Å². The van der Waals surface area contributed by atoms with Crippen molar-refractivity contribution in [3.63, 3.8) is 0 Å². The topological polar surface area (TPSA) is 85.2 Å². The number of carboxylic acid groups (broad SMARTS) is 1. The third kappa shape index (κ3) is 9.03. The van der Waals surface area contributed by atoms with Gasteiger partial charge in [0.05, 0.1) is 24.9 Å². The zero-order valence-electron chi connectivity index (χ0n) is 23.0. The summed E-state index contributed by atoms with van der Waals surface area (Å²) in [5.74, 6) is -0.839. The fraction of sp³-hybridized carbons (Fsp3) is 0.821. The molecule has 0 aromatic rings. The Balaban J connectivity index is 2.18. The first-order valence-corrected chi connectivity index (χ1v) is 16.5. The number of carbonyl (C=O) groups is 1. The van der Waals surface area contributed by atoms with Crippen LogP contribution in [0.3, 0.4) is 0 Å². The van der Waals surface area contributed by atoms with Crippen molar-refractivity contribution in [2.45, 2.75) is 129 Å². The van der Waals surface area contributed by atoms with Gasteiger partial charge in [-0.05, 0) is 61.4 Å². The Labute approximate surface area is 214 Å². The molecule has 6 nitrogen and oxygen atoms in total. The summed E-state index contributed by atoms with van der Waals surface area (Å²) >= 11 is 0. The van der Waals surface area contributed by atoms with Crippen molar-refractivity contribution in [3.05, 3.63) is 24.5 Å². The van der Waals surface area contributed by atoms with E-state index >= 15 is 0 Å². The number of aliphatic hydroxyl groups excluding tert-OH is 1. The van der Waals surface area contributed by atoms with Crippen molar-refractivity contribution in [1.82, 2.24) is 0 Å². The van der Waals surface area contributed by atoms with Crippen LogP contribution in [0, 0.1) is 17.8 Å². The lowest BCUT2D eigenvalue weighted by atomic mass is 9.84. The second kappa shape index (κ2) is 13.4. The van der Waals surface area contributed by atoms with Crippen LogP contribution < -0.4 is 0 Å². The van der Waals surface area contributed by atoms with Crippen LogP contribution >= 0.6 is 0 Å². The molecular formula is C28H50O6Si. The zero-order valence-corrected chi connectivity index (χ0v) is 24.0. The highest BCUT2D eigenvalue weighted by Crippen LogP contribution is 2.43. The molecule has 0 aromatic heterocycles. The molecule has 0 bridgehead atoms. The number of rotatable bonds is 14. The number of aliphatic hydroxyl groups is 1. The number of ether oxygens (including phenoxy) is 2. The molecule has 2 aliphatic rings. The van der Waals surface area contributed by atoms with Crippen molar-refractivity contribution in [2.75, 3.05) is 0 Å². The summed E-state index contributed by atoms with van der Waals surface area (Å²) in [6.45, 7) is 15.9. The standard InChI is InChI=1S/C28H50O6Si/c1-8-9-10-13-20(2)24(34-35(6,7)28(3,4)5)16-15-21-22(18-26(30)31)23(29)19-25(21)33-27-14-11-12-17-32-27/h11-12,14,17,20-25,27,29H,8-10,13,15-16,18-19H2,1-7H3,(H,30,31)/t20?,21-,22?,23-,24?,25+,27+/m0/s1. The van der Waals surface area contributed by atoms with Gasteiger partial charge in [0.2, 0.25) is 6.29 Å². The molecule has 0 spiro atoms. The fourth-order valence-corrected chi connectivity index (χ4v) is 6.55. The Bertz CT molecular complexity index is 713. The van der Waals surface area contributed by atoms with Crippen LogP contribution in [-0.4, -0.2) is 49.1 Å². The average Bonchev–Trinajstić information content (AvgIpc) is 3.04. The second-order valence-corrected chi connectivity index (χ2v) is 16.8. The van der Waals surface area contributed by atoms with Crippen LogP contribution in [-0.2, 0) is 18.7 Å². The van der Waals surface area contributed by atoms with E-state index in [2.05, 4.69) is 47.7 Å². The Kier molecular flexibility index (Phi) is 11.5. The minimum absolute atomic E-state index is 0.0488. The Morgan fingerprint density at radius 1 is 1.17 bits per heavy atom. The zero-order chi connectivity index (χ0) is 26.2. The lowest BCUT2D eigenvalue weighted by Crippen LogP contribution is -2.45. The molecular weight excluding hydrogens is 460 g/mol. The van der Waals surface area contributed by atoms with Gasteiger partial charge in [-0.25, -0.2) is 0 Å². The van der Waals surface area contributed by atoms with Crippen LogP contribution in [0.5, 0.6) is 0 Å². The van der Waals surface area contributed by atoms with Crippen molar-refractivity contribution in [3.8, 4) is 0 Å². The number of aliphatic carboxylic acids is 1. The lowest BCUT2D eigenvalue weighted by molar-refractivity contribution is -0.140. The van der Waals surface area contributed by atoms with Gasteiger partial charge in [0.15, 0.2) is 8.32 Å². The molecule has 0 amide bonds. The Morgan fingerprint density at radius 3 is 2.46 bits per heavy atom. The van der Waals surface area contributed by atoms with Crippen molar-refractivity contribution in [2.24, 2.45) is 17.8 Å². The molecule has 1 heterocycles. The molecule has 0 radical (unpaired) electrons. The molecule has 2 N–H and O–H groups in total. The molecule has 2 rings (SSSR count). The maximum absolute atomic E-state index is 11.6. The summed E-state index contributed by atoms with van der Waals surface area (Å²) in [7, 11) is -1.98. The number of unbranched alkanes of at least 4 members (excludes halogenated alkanes) is 2. The van der Waals surface area contributed by atoms with Gasteiger partial charge in [-0.2, -0.15) is 0 Å². The van der Waals surface area contributed by atoms with E-state index in [1.165, 1.54) is 19.3 Å². The van der Waals surface area contributed by atoms with Crippen LogP contribution in [0.4, 0.5) is 0 Å². The van der Waals surface area contributed by atoms with E-state index in [1.54, 1.807) is 12.3 Å². The minimum Gasteiger partial charge on any atom is -0.481 e. The number of hydrogen-bond donors (Lipinski definition) is 2. The van der Waals surface area contributed by atoms with Gasteiger partial charge < -0.3 is 24.1 Å². The van der Waals surface area contributed by atoms with Crippen molar-refractivity contribution < 1.29 is 28.9 Å². The maximum Gasteiger partial charge on any atom is 0.303 e. The van der Waals surface area contributed by atoms with Gasteiger partial charge in [0.25, 0.3) is 0 Å². The summed E-state index contributed by atoms with van der Waals surface area (Å²) in [5, 5.41) is 20.4. The summed E-state index contributed by atoms with van der Waals surface area (Å²) in [6, 6.07) is 0. The quantitative estimate of drug-likeness (QED) is 0.201. The Hall–Kier alpha value is -1.15. The monoisotopic (exact) mass is 510 g/mol. The summed E-state index contributed by atoms with van der Waals surface area (Å²) in [4.78, 5) is 11.6. The summed E-state index contributed by atoms with van der Waals surface area (Å²) in [5.41, 5.74) is 0. The largest absolute Gasteiger partial charge is 0.481 e. The molecule has 0 aromatic carbocycles. The van der Waals surface area contributed by atoms with E-state index in [0.29, 0.717) is 12.3 Å². The molecule has 35 heavy (non-hydrogen) atoms. The highest BCUT2D eigenvalue weighted by molar-refractivity contribution is 6.74. The smallest absolute Gasteiger partial charge is 0.303 e. The minimum atomic E-state index is -1.98.